The van der Waals surface area contributed by atoms with E-state index in [-0.39, 0.29) is 11.2 Å². The van der Waals surface area contributed by atoms with Crippen LogP contribution in [-0.4, -0.2) is 37.8 Å². The lowest BCUT2D eigenvalue weighted by Crippen LogP contribution is -2.21. The molecule has 3 heterocycles. The van der Waals surface area contributed by atoms with Crippen molar-refractivity contribution in [1.82, 2.24) is 24.5 Å². The van der Waals surface area contributed by atoms with Gasteiger partial charge in [-0.25, -0.2) is 8.78 Å². The Kier molecular flexibility index (Phi) is 6.10. The number of nitrogens with zero attached hydrogens (tertiary/aromatic N) is 4. The minimum Gasteiger partial charge on any atom is -0.382 e. The summed E-state index contributed by atoms with van der Waals surface area (Å²) in [7, 11) is 1.77. The molecule has 0 amide bonds. The largest absolute Gasteiger partial charge is 0.382 e. The van der Waals surface area contributed by atoms with E-state index in [9.17, 15) is 13.6 Å². The van der Waals surface area contributed by atoms with E-state index in [1.165, 1.54) is 12.3 Å². The van der Waals surface area contributed by atoms with Crippen LogP contribution in [0.1, 0.15) is 25.5 Å². The quantitative estimate of drug-likeness (QED) is 0.394. The fourth-order valence-electron chi connectivity index (χ4n) is 3.72. The molecule has 0 aliphatic rings. The third-order valence-electron chi connectivity index (χ3n) is 5.35. The standard InChI is InChI=1S/C23H24F2N6O2/c1-4-9-33-10-8-13(2)18-11-17(29-30(18)3)14-12-31(21-15(24)6-5-7-16(21)25)23(32)19-20(14)27-28-22(19)26/h5-7,11-12H,2,4,8-10H2,1,3H3,(H3,26,27,28). The topological polar surface area (TPSA) is 104 Å². The van der Waals surface area contributed by atoms with E-state index in [0.717, 1.165) is 34.4 Å². The van der Waals surface area contributed by atoms with Crippen molar-refractivity contribution in [3.8, 4) is 16.9 Å². The normalized spacial score (nSPS) is 11.4. The molecule has 0 saturated heterocycles. The minimum absolute atomic E-state index is 0.0224. The number of ether oxygens (including phenoxy) is 1. The highest BCUT2D eigenvalue weighted by Gasteiger charge is 2.22. The van der Waals surface area contributed by atoms with Gasteiger partial charge in [-0.1, -0.05) is 19.6 Å². The second-order valence-corrected chi connectivity index (χ2v) is 7.65. The number of benzene rings is 1. The molecule has 4 aromatic rings. The Hall–Kier alpha value is -3.79. The van der Waals surface area contributed by atoms with Crippen molar-refractivity contribution in [2.75, 3.05) is 18.9 Å². The third kappa shape index (κ3) is 4.05. The number of hydrogen-bond donors (Lipinski definition) is 2. The van der Waals surface area contributed by atoms with Crippen LogP contribution in [0.3, 0.4) is 0 Å². The van der Waals surface area contributed by atoms with Crippen molar-refractivity contribution in [1.29, 1.82) is 0 Å². The van der Waals surface area contributed by atoms with Gasteiger partial charge in [0, 0.05) is 25.4 Å². The third-order valence-corrected chi connectivity index (χ3v) is 5.35. The molecule has 0 unspecified atom stereocenters. The Morgan fingerprint density at radius 3 is 2.70 bits per heavy atom. The molecule has 3 aromatic heterocycles. The molecule has 1 aromatic carbocycles. The molecule has 3 N–H and O–H groups in total. The molecule has 33 heavy (non-hydrogen) atoms. The zero-order valence-electron chi connectivity index (χ0n) is 18.4. The number of rotatable bonds is 8. The Morgan fingerprint density at radius 2 is 2.00 bits per heavy atom. The van der Waals surface area contributed by atoms with E-state index in [2.05, 4.69) is 21.9 Å². The van der Waals surface area contributed by atoms with Crippen LogP contribution >= 0.6 is 0 Å². The van der Waals surface area contributed by atoms with E-state index in [4.69, 9.17) is 10.5 Å². The maximum absolute atomic E-state index is 14.5. The maximum atomic E-state index is 14.5. The molecule has 10 heteroatoms. The number of hydrogen-bond acceptors (Lipinski definition) is 5. The summed E-state index contributed by atoms with van der Waals surface area (Å²) in [5.74, 6) is -1.84. The van der Waals surface area contributed by atoms with E-state index < -0.39 is 22.9 Å². The van der Waals surface area contributed by atoms with Gasteiger partial charge in [-0.15, -0.1) is 0 Å². The second-order valence-electron chi connectivity index (χ2n) is 7.65. The van der Waals surface area contributed by atoms with Crippen LogP contribution in [0.5, 0.6) is 0 Å². The van der Waals surface area contributed by atoms with Crippen molar-refractivity contribution in [2.45, 2.75) is 19.8 Å². The molecule has 172 valence electrons. The predicted molar refractivity (Wildman–Crippen MR) is 123 cm³/mol. The first kappa shape index (κ1) is 22.4. The molecule has 0 atom stereocenters. The zero-order chi connectivity index (χ0) is 23.7. The highest BCUT2D eigenvalue weighted by Crippen LogP contribution is 2.30. The lowest BCUT2D eigenvalue weighted by Gasteiger charge is -2.11. The first-order chi connectivity index (χ1) is 15.8. The number of fused-ring (bicyclic) bond motifs is 1. The van der Waals surface area contributed by atoms with E-state index >= 15 is 0 Å². The van der Waals surface area contributed by atoms with Crippen LogP contribution in [-0.2, 0) is 11.8 Å². The number of aromatic nitrogens is 5. The van der Waals surface area contributed by atoms with Gasteiger partial charge in [-0.3, -0.25) is 19.1 Å². The number of nitrogens with two attached hydrogens (primary N) is 1. The van der Waals surface area contributed by atoms with E-state index in [1.54, 1.807) is 17.8 Å². The Labute approximate surface area is 188 Å². The second kappa shape index (κ2) is 8.99. The van der Waals surface area contributed by atoms with Crippen LogP contribution < -0.4 is 11.3 Å². The molecule has 0 aliphatic carbocycles. The summed E-state index contributed by atoms with van der Waals surface area (Å²) in [6, 6.07) is 5.18. The van der Waals surface area contributed by atoms with Crippen molar-refractivity contribution >= 4 is 22.3 Å². The lowest BCUT2D eigenvalue weighted by atomic mass is 10.1. The highest BCUT2D eigenvalue weighted by molar-refractivity contribution is 5.98. The Balaban J connectivity index is 1.85. The van der Waals surface area contributed by atoms with Gasteiger partial charge in [-0.2, -0.15) is 10.2 Å². The summed E-state index contributed by atoms with van der Waals surface area (Å²) in [5.41, 5.74) is 7.50. The maximum Gasteiger partial charge on any atom is 0.268 e. The number of anilines is 1. The van der Waals surface area contributed by atoms with E-state index in [1.807, 2.05) is 6.92 Å². The Bertz CT molecular complexity index is 1380. The average molecular weight is 454 g/mol. The number of para-hydroxylation sites is 1. The van der Waals surface area contributed by atoms with Crippen LogP contribution in [0.25, 0.3) is 33.4 Å². The molecule has 0 radical (unpaired) electrons. The number of halogens is 2. The summed E-state index contributed by atoms with van der Waals surface area (Å²) >= 11 is 0. The molecule has 4 rings (SSSR count). The van der Waals surface area contributed by atoms with Crippen LogP contribution in [0.2, 0.25) is 0 Å². The first-order valence-corrected chi connectivity index (χ1v) is 10.5. The van der Waals surface area contributed by atoms with Gasteiger partial charge in [-0.05, 0) is 36.6 Å². The molecular weight excluding hydrogens is 430 g/mol. The van der Waals surface area contributed by atoms with Crippen LogP contribution in [0.4, 0.5) is 14.6 Å². The monoisotopic (exact) mass is 454 g/mol. The number of aromatic amines is 1. The fraction of sp³-hybridized carbons (Fsp3) is 0.261. The average Bonchev–Trinajstić information content (AvgIpc) is 3.36. The minimum atomic E-state index is -0.883. The number of pyridine rings is 1. The Morgan fingerprint density at radius 1 is 1.27 bits per heavy atom. The lowest BCUT2D eigenvalue weighted by molar-refractivity contribution is 0.140. The molecule has 0 bridgehead atoms. The molecule has 0 aliphatic heterocycles. The highest BCUT2D eigenvalue weighted by atomic mass is 19.1. The molecule has 8 nitrogen and oxygen atoms in total. The van der Waals surface area contributed by atoms with Gasteiger partial charge in [0.05, 0.1) is 23.5 Å². The molecule has 0 saturated carbocycles. The summed E-state index contributed by atoms with van der Waals surface area (Å²) < 4.78 is 37.1. The summed E-state index contributed by atoms with van der Waals surface area (Å²) in [4.78, 5) is 13.1. The first-order valence-electron chi connectivity index (χ1n) is 10.5. The number of nitrogen functional groups attached to an aromatic ring is 1. The summed E-state index contributed by atoms with van der Waals surface area (Å²) in [6.45, 7) is 7.37. The van der Waals surface area contributed by atoms with Gasteiger partial charge in [0.25, 0.3) is 5.56 Å². The van der Waals surface area contributed by atoms with Crippen molar-refractivity contribution in [3.63, 3.8) is 0 Å². The summed E-state index contributed by atoms with van der Waals surface area (Å²) in [5, 5.41) is 11.2. The van der Waals surface area contributed by atoms with E-state index in [0.29, 0.717) is 36.4 Å². The number of aryl methyl sites for hydroxylation is 1. The van der Waals surface area contributed by atoms with Gasteiger partial charge in [0.2, 0.25) is 0 Å². The van der Waals surface area contributed by atoms with Crippen LogP contribution in [0, 0.1) is 11.6 Å². The zero-order valence-corrected chi connectivity index (χ0v) is 18.4. The number of H-pyrrole nitrogens is 1. The van der Waals surface area contributed by atoms with Crippen molar-refractivity contribution in [2.24, 2.45) is 7.05 Å². The van der Waals surface area contributed by atoms with Crippen LogP contribution in [0.15, 0.2) is 41.8 Å². The van der Waals surface area contributed by atoms with Gasteiger partial charge in [0.15, 0.2) is 5.82 Å². The van der Waals surface area contributed by atoms with Gasteiger partial charge >= 0.3 is 0 Å². The van der Waals surface area contributed by atoms with Gasteiger partial charge in [0.1, 0.15) is 22.7 Å². The molecule has 0 spiro atoms. The SMILES string of the molecule is C=C(CCOCCC)c1cc(-c2cn(-c3c(F)cccc3F)c(=O)c3c(N)n[nH]c23)nn1C. The number of nitrogens with one attached hydrogen (secondary N) is 1. The van der Waals surface area contributed by atoms with Crippen molar-refractivity contribution in [3.05, 3.63) is 64.7 Å². The summed E-state index contributed by atoms with van der Waals surface area (Å²) in [6.07, 6.45) is 2.89. The smallest absolute Gasteiger partial charge is 0.268 e. The fourth-order valence-corrected chi connectivity index (χ4v) is 3.72. The van der Waals surface area contributed by atoms with Gasteiger partial charge < -0.3 is 10.5 Å². The molecule has 0 fully saturated rings. The van der Waals surface area contributed by atoms with Crippen molar-refractivity contribution < 1.29 is 13.5 Å². The predicted octanol–water partition coefficient (Wildman–Crippen LogP) is 3.80. The molecular formula is C23H24F2N6O2.